The molecule has 2 aromatic rings. The number of benzene rings is 1. The second-order valence-corrected chi connectivity index (χ2v) is 7.21. The number of carbonyl (C=O) groups excluding carboxylic acids is 1. The summed E-state index contributed by atoms with van der Waals surface area (Å²) >= 11 is 6.61. The summed E-state index contributed by atoms with van der Waals surface area (Å²) in [7, 11) is 0. The van der Waals surface area contributed by atoms with Crippen LogP contribution < -0.4 is 5.32 Å². The van der Waals surface area contributed by atoms with Gasteiger partial charge in [-0.2, -0.15) is 0 Å². The Labute approximate surface area is 152 Å². The molecule has 1 aliphatic carbocycles. The number of aryl methyl sites for hydroxylation is 1. The number of amides is 1. The van der Waals surface area contributed by atoms with Crippen molar-refractivity contribution in [2.24, 2.45) is 0 Å². The van der Waals surface area contributed by atoms with Gasteiger partial charge in [-0.25, -0.2) is 0 Å². The maximum atomic E-state index is 12.9. The monoisotopic (exact) mass is 359 g/mol. The van der Waals surface area contributed by atoms with Gasteiger partial charge in [-0.15, -0.1) is 0 Å². The summed E-state index contributed by atoms with van der Waals surface area (Å²) in [6, 6.07) is 5.39. The van der Waals surface area contributed by atoms with E-state index in [9.17, 15) is 9.90 Å². The highest BCUT2D eigenvalue weighted by Gasteiger charge is 2.27. The van der Waals surface area contributed by atoms with Crippen LogP contribution in [0.25, 0.3) is 10.9 Å². The molecule has 25 heavy (non-hydrogen) atoms. The molecule has 2 heterocycles. The summed E-state index contributed by atoms with van der Waals surface area (Å²) in [5, 5.41) is 14.4. The number of aliphatic hydroxyl groups excluding tert-OH is 1. The molecule has 2 aliphatic rings. The normalized spacial score (nSPS) is 20.6. The third-order valence-electron chi connectivity index (χ3n) is 5.26. The van der Waals surface area contributed by atoms with E-state index in [0.717, 1.165) is 53.8 Å². The minimum absolute atomic E-state index is 0.0378. The van der Waals surface area contributed by atoms with Crippen LogP contribution in [0.1, 0.15) is 34.5 Å². The first-order chi connectivity index (χ1) is 12.2. The lowest BCUT2D eigenvalue weighted by Gasteiger charge is -2.35. The van der Waals surface area contributed by atoms with Gasteiger partial charge < -0.3 is 15.3 Å². The van der Waals surface area contributed by atoms with Crippen molar-refractivity contribution in [2.45, 2.75) is 31.7 Å². The molecule has 1 unspecified atom stereocenters. The highest BCUT2D eigenvalue weighted by atomic mass is 35.5. The van der Waals surface area contributed by atoms with Crippen LogP contribution in [0.15, 0.2) is 18.2 Å². The van der Waals surface area contributed by atoms with E-state index >= 15 is 0 Å². The average molecular weight is 360 g/mol. The number of halogens is 1. The maximum Gasteiger partial charge on any atom is 0.254 e. The fourth-order valence-corrected chi connectivity index (χ4v) is 4.22. The number of fused-ring (bicyclic) bond motifs is 2. The Hall–Kier alpha value is -1.69. The smallest absolute Gasteiger partial charge is 0.254 e. The molecule has 1 aromatic carbocycles. The van der Waals surface area contributed by atoms with Crippen molar-refractivity contribution in [2.75, 3.05) is 26.2 Å². The third kappa shape index (κ3) is 3.01. The number of carbonyl (C=O) groups is 1. The van der Waals surface area contributed by atoms with Crippen molar-refractivity contribution >= 4 is 28.4 Å². The molecule has 1 aromatic heterocycles. The van der Waals surface area contributed by atoms with Gasteiger partial charge in [-0.1, -0.05) is 17.7 Å². The van der Waals surface area contributed by atoms with E-state index in [2.05, 4.69) is 5.32 Å². The van der Waals surface area contributed by atoms with Gasteiger partial charge in [0.1, 0.15) is 0 Å². The molecule has 0 radical (unpaired) electrons. The minimum atomic E-state index is -0.183. The van der Waals surface area contributed by atoms with Gasteiger partial charge in [-0.05, 0) is 43.4 Å². The third-order valence-corrected chi connectivity index (χ3v) is 5.69. The van der Waals surface area contributed by atoms with Crippen LogP contribution in [-0.4, -0.2) is 53.2 Å². The van der Waals surface area contributed by atoms with E-state index in [-0.39, 0.29) is 18.6 Å². The number of piperazine rings is 1. The Morgan fingerprint density at radius 3 is 3.04 bits per heavy atom. The second-order valence-electron chi connectivity index (χ2n) is 6.83. The number of rotatable bonds is 2. The fourth-order valence-electron chi connectivity index (χ4n) is 3.86. The Morgan fingerprint density at radius 2 is 2.20 bits per heavy atom. The molecule has 1 aliphatic heterocycles. The number of nitrogens with one attached hydrogen (secondary N) is 1. The van der Waals surface area contributed by atoms with Crippen LogP contribution in [0.5, 0.6) is 0 Å². The molecule has 1 saturated heterocycles. The summed E-state index contributed by atoms with van der Waals surface area (Å²) in [5.74, 6) is -0.0573. The molecular formula is C19H22ClN3O2. The molecule has 1 fully saturated rings. The summed E-state index contributed by atoms with van der Waals surface area (Å²) in [4.78, 5) is 19.4. The van der Waals surface area contributed by atoms with Crippen molar-refractivity contribution in [3.05, 3.63) is 40.0 Å². The molecule has 2 N–H and O–H groups in total. The second kappa shape index (κ2) is 6.90. The van der Waals surface area contributed by atoms with Crippen LogP contribution >= 0.6 is 11.6 Å². The van der Waals surface area contributed by atoms with Gasteiger partial charge in [0.25, 0.3) is 5.91 Å². The van der Waals surface area contributed by atoms with Gasteiger partial charge in [0.2, 0.25) is 0 Å². The average Bonchev–Trinajstić information content (AvgIpc) is 2.67. The quantitative estimate of drug-likeness (QED) is 0.862. The number of nitrogens with zero attached hydrogens (tertiary/aromatic N) is 2. The van der Waals surface area contributed by atoms with Crippen molar-refractivity contribution < 1.29 is 9.90 Å². The van der Waals surface area contributed by atoms with Gasteiger partial charge in [0.05, 0.1) is 23.2 Å². The van der Waals surface area contributed by atoms with Crippen molar-refractivity contribution in [1.82, 2.24) is 15.2 Å². The highest BCUT2D eigenvalue weighted by molar-refractivity contribution is 6.36. The minimum Gasteiger partial charge on any atom is -0.394 e. The molecule has 5 nitrogen and oxygen atoms in total. The first-order valence-corrected chi connectivity index (χ1v) is 9.30. The van der Waals surface area contributed by atoms with E-state index in [1.54, 1.807) is 4.90 Å². The summed E-state index contributed by atoms with van der Waals surface area (Å²) < 4.78 is 0. The van der Waals surface area contributed by atoms with E-state index in [4.69, 9.17) is 16.6 Å². The SMILES string of the molecule is O=C(c1ccc2c(Cl)c3c(nc2c1)CCCC3)N1CCNCC1CO. The zero-order valence-electron chi connectivity index (χ0n) is 14.1. The molecular weight excluding hydrogens is 338 g/mol. The van der Waals surface area contributed by atoms with E-state index in [1.165, 1.54) is 5.56 Å². The number of aromatic nitrogens is 1. The zero-order valence-corrected chi connectivity index (χ0v) is 14.9. The lowest BCUT2D eigenvalue weighted by atomic mass is 9.94. The summed E-state index contributed by atoms with van der Waals surface area (Å²) in [5.41, 5.74) is 3.63. The van der Waals surface area contributed by atoms with Gasteiger partial charge in [0, 0.05) is 36.3 Å². The maximum absolute atomic E-state index is 12.9. The van der Waals surface area contributed by atoms with Gasteiger partial charge in [-0.3, -0.25) is 9.78 Å². The highest BCUT2D eigenvalue weighted by Crippen LogP contribution is 2.33. The van der Waals surface area contributed by atoms with E-state index in [1.807, 2.05) is 18.2 Å². The van der Waals surface area contributed by atoms with Crippen molar-refractivity contribution in [1.29, 1.82) is 0 Å². The zero-order chi connectivity index (χ0) is 17.4. The van der Waals surface area contributed by atoms with Gasteiger partial charge in [0.15, 0.2) is 0 Å². The first kappa shape index (κ1) is 16.8. The molecule has 1 atom stereocenters. The lowest BCUT2D eigenvalue weighted by Crippen LogP contribution is -2.55. The van der Waals surface area contributed by atoms with E-state index in [0.29, 0.717) is 18.7 Å². The fraction of sp³-hybridized carbons (Fsp3) is 0.474. The topological polar surface area (TPSA) is 65.5 Å². The molecule has 6 heteroatoms. The first-order valence-electron chi connectivity index (χ1n) is 8.92. The van der Waals surface area contributed by atoms with Crippen LogP contribution in [-0.2, 0) is 12.8 Å². The van der Waals surface area contributed by atoms with E-state index < -0.39 is 0 Å². The Balaban J connectivity index is 1.72. The lowest BCUT2D eigenvalue weighted by molar-refractivity contribution is 0.0536. The predicted molar refractivity (Wildman–Crippen MR) is 98.2 cm³/mol. The molecule has 132 valence electrons. The molecule has 0 bridgehead atoms. The Bertz CT molecular complexity index is 824. The number of pyridine rings is 1. The molecule has 1 amide bonds. The number of hydrogen-bond donors (Lipinski definition) is 2. The summed E-state index contributed by atoms with van der Waals surface area (Å²) in [6.45, 7) is 1.92. The van der Waals surface area contributed by atoms with Crippen molar-refractivity contribution in [3.8, 4) is 0 Å². The standard InChI is InChI=1S/C19H22ClN3O2/c20-18-14-3-1-2-4-16(14)22-17-9-12(5-6-15(17)18)19(25)23-8-7-21-10-13(23)11-24/h5-6,9,13,21,24H,1-4,7-8,10-11H2. The molecule has 4 rings (SSSR count). The largest absolute Gasteiger partial charge is 0.394 e. The predicted octanol–water partition coefficient (Wildman–Crippen LogP) is 2.17. The number of aliphatic hydroxyl groups is 1. The molecule has 0 saturated carbocycles. The van der Waals surface area contributed by atoms with Crippen LogP contribution in [0.2, 0.25) is 5.02 Å². The van der Waals surface area contributed by atoms with Gasteiger partial charge >= 0.3 is 0 Å². The van der Waals surface area contributed by atoms with Crippen molar-refractivity contribution in [3.63, 3.8) is 0 Å². The Morgan fingerprint density at radius 1 is 1.36 bits per heavy atom. The Kier molecular flexibility index (Phi) is 4.63. The van der Waals surface area contributed by atoms with Crippen LogP contribution in [0.3, 0.4) is 0 Å². The summed E-state index contributed by atoms with van der Waals surface area (Å²) in [6.07, 6.45) is 4.23. The van der Waals surface area contributed by atoms with Crippen LogP contribution in [0.4, 0.5) is 0 Å². The molecule has 0 spiro atoms. The number of hydrogen-bond acceptors (Lipinski definition) is 4. The van der Waals surface area contributed by atoms with Crippen LogP contribution in [0, 0.1) is 0 Å².